The first-order valence-electron chi connectivity index (χ1n) is 7.31. The molecule has 0 aromatic carbocycles. The Morgan fingerprint density at radius 1 is 1.26 bits per heavy atom. The van der Waals surface area contributed by atoms with E-state index in [2.05, 4.69) is 20.8 Å². The molecule has 1 N–H and O–H groups in total. The Hall–Kier alpha value is -1.06. The molecule has 0 spiro atoms. The van der Waals surface area contributed by atoms with Crippen molar-refractivity contribution in [1.82, 2.24) is 4.90 Å². The number of aliphatic carboxylic acids is 1. The number of carboxylic acid groups (broad SMARTS) is 1. The van der Waals surface area contributed by atoms with Gasteiger partial charge in [0.2, 0.25) is 5.91 Å². The second kappa shape index (κ2) is 5.14. The first kappa shape index (κ1) is 14.4. The molecule has 0 aromatic rings. The maximum atomic E-state index is 12.6. The SMILES string of the molecule is CC1CC(C(=O)N(CC(=O)O)C2CC2)CC(C)(C)C1. The highest BCUT2D eigenvalue weighted by molar-refractivity contribution is 5.83. The third-order valence-corrected chi connectivity index (χ3v) is 4.31. The average molecular weight is 267 g/mol. The first-order chi connectivity index (χ1) is 8.78. The van der Waals surface area contributed by atoms with Crippen LogP contribution in [0.3, 0.4) is 0 Å². The van der Waals surface area contributed by atoms with Crippen LogP contribution < -0.4 is 0 Å². The van der Waals surface area contributed by atoms with E-state index in [1.165, 1.54) is 0 Å². The number of hydrogen-bond donors (Lipinski definition) is 1. The number of carbonyl (C=O) groups is 2. The van der Waals surface area contributed by atoms with Crippen LogP contribution in [0.4, 0.5) is 0 Å². The third-order valence-electron chi connectivity index (χ3n) is 4.31. The van der Waals surface area contributed by atoms with Crippen LogP contribution in [0.15, 0.2) is 0 Å². The van der Waals surface area contributed by atoms with E-state index in [4.69, 9.17) is 5.11 Å². The van der Waals surface area contributed by atoms with Crippen LogP contribution in [0, 0.1) is 17.3 Å². The minimum Gasteiger partial charge on any atom is -0.480 e. The van der Waals surface area contributed by atoms with Crippen molar-refractivity contribution in [2.45, 2.75) is 58.9 Å². The molecule has 2 saturated carbocycles. The summed E-state index contributed by atoms with van der Waals surface area (Å²) in [4.78, 5) is 25.2. The Kier molecular flexibility index (Phi) is 3.88. The van der Waals surface area contributed by atoms with Crippen molar-refractivity contribution in [2.24, 2.45) is 17.3 Å². The van der Waals surface area contributed by atoms with Crippen LogP contribution in [0.2, 0.25) is 0 Å². The Morgan fingerprint density at radius 3 is 2.37 bits per heavy atom. The van der Waals surface area contributed by atoms with Gasteiger partial charge in [0.1, 0.15) is 6.54 Å². The monoisotopic (exact) mass is 267 g/mol. The molecule has 2 unspecified atom stereocenters. The van der Waals surface area contributed by atoms with Gasteiger partial charge in [-0.15, -0.1) is 0 Å². The highest BCUT2D eigenvalue weighted by atomic mass is 16.4. The summed E-state index contributed by atoms with van der Waals surface area (Å²) in [7, 11) is 0. The van der Waals surface area contributed by atoms with E-state index in [9.17, 15) is 9.59 Å². The van der Waals surface area contributed by atoms with Crippen molar-refractivity contribution in [3.63, 3.8) is 0 Å². The van der Waals surface area contributed by atoms with Gasteiger partial charge in [-0.2, -0.15) is 0 Å². The van der Waals surface area contributed by atoms with Crippen molar-refractivity contribution in [3.8, 4) is 0 Å². The topological polar surface area (TPSA) is 57.6 Å². The zero-order valence-corrected chi connectivity index (χ0v) is 12.2. The van der Waals surface area contributed by atoms with Gasteiger partial charge in [0.25, 0.3) is 0 Å². The molecule has 1 amide bonds. The largest absolute Gasteiger partial charge is 0.480 e. The molecule has 4 nitrogen and oxygen atoms in total. The number of rotatable bonds is 4. The molecule has 4 heteroatoms. The molecule has 0 aliphatic heterocycles. The quantitative estimate of drug-likeness (QED) is 0.851. The summed E-state index contributed by atoms with van der Waals surface area (Å²) >= 11 is 0. The van der Waals surface area contributed by atoms with Crippen LogP contribution in [0.5, 0.6) is 0 Å². The second-order valence-corrected chi connectivity index (χ2v) is 7.20. The molecule has 2 rings (SSSR count). The van der Waals surface area contributed by atoms with Gasteiger partial charge in [-0.25, -0.2) is 0 Å². The van der Waals surface area contributed by atoms with E-state index in [1.54, 1.807) is 4.90 Å². The molecule has 0 radical (unpaired) electrons. The fraction of sp³-hybridized carbons (Fsp3) is 0.867. The van der Waals surface area contributed by atoms with Crippen molar-refractivity contribution in [3.05, 3.63) is 0 Å². The summed E-state index contributed by atoms with van der Waals surface area (Å²) < 4.78 is 0. The van der Waals surface area contributed by atoms with Crippen molar-refractivity contribution in [2.75, 3.05) is 6.54 Å². The molecule has 0 heterocycles. The molecule has 108 valence electrons. The van der Waals surface area contributed by atoms with E-state index in [0.717, 1.165) is 32.1 Å². The number of nitrogens with zero attached hydrogens (tertiary/aromatic N) is 1. The van der Waals surface area contributed by atoms with Gasteiger partial charge >= 0.3 is 5.97 Å². The van der Waals surface area contributed by atoms with Crippen molar-refractivity contribution >= 4 is 11.9 Å². The molecule has 2 aliphatic carbocycles. The van der Waals surface area contributed by atoms with Crippen molar-refractivity contribution in [1.29, 1.82) is 0 Å². The van der Waals surface area contributed by atoms with E-state index in [0.29, 0.717) is 5.92 Å². The Morgan fingerprint density at radius 2 is 1.89 bits per heavy atom. The minimum absolute atomic E-state index is 0.0127. The maximum absolute atomic E-state index is 12.6. The van der Waals surface area contributed by atoms with Gasteiger partial charge in [-0.05, 0) is 43.4 Å². The Labute approximate surface area is 115 Å². The van der Waals surface area contributed by atoms with Crippen LogP contribution in [-0.4, -0.2) is 34.5 Å². The number of carbonyl (C=O) groups excluding carboxylic acids is 1. The molecule has 2 fully saturated rings. The van der Waals surface area contributed by atoms with E-state index in [-0.39, 0.29) is 29.8 Å². The lowest BCUT2D eigenvalue weighted by molar-refractivity contribution is -0.148. The average Bonchev–Trinajstić information content (AvgIpc) is 3.05. The lowest BCUT2D eigenvalue weighted by atomic mass is 9.67. The van der Waals surface area contributed by atoms with Gasteiger partial charge in [0, 0.05) is 12.0 Å². The van der Waals surface area contributed by atoms with Gasteiger partial charge in [-0.3, -0.25) is 9.59 Å². The summed E-state index contributed by atoms with van der Waals surface area (Å²) in [5.41, 5.74) is 0.191. The highest BCUT2D eigenvalue weighted by Crippen LogP contribution is 2.43. The van der Waals surface area contributed by atoms with Gasteiger partial charge in [-0.1, -0.05) is 20.8 Å². The van der Waals surface area contributed by atoms with Crippen LogP contribution in [0.1, 0.15) is 52.9 Å². The summed E-state index contributed by atoms with van der Waals surface area (Å²) in [6.07, 6.45) is 4.87. The molecule has 2 aliphatic rings. The van der Waals surface area contributed by atoms with Gasteiger partial charge in [0.15, 0.2) is 0 Å². The predicted octanol–water partition coefficient (Wildman–Crippen LogP) is 2.52. The summed E-state index contributed by atoms with van der Waals surface area (Å²) in [5, 5.41) is 8.97. The molecule has 19 heavy (non-hydrogen) atoms. The fourth-order valence-electron chi connectivity index (χ4n) is 3.69. The van der Waals surface area contributed by atoms with Crippen molar-refractivity contribution < 1.29 is 14.7 Å². The van der Waals surface area contributed by atoms with E-state index < -0.39 is 5.97 Å². The molecule has 0 saturated heterocycles. The molecule has 0 aromatic heterocycles. The van der Waals surface area contributed by atoms with E-state index >= 15 is 0 Å². The van der Waals surface area contributed by atoms with Crippen LogP contribution in [-0.2, 0) is 9.59 Å². The first-order valence-corrected chi connectivity index (χ1v) is 7.31. The fourth-order valence-corrected chi connectivity index (χ4v) is 3.69. The van der Waals surface area contributed by atoms with Crippen LogP contribution in [0.25, 0.3) is 0 Å². The number of hydrogen-bond acceptors (Lipinski definition) is 2. The smallest absolute Gasteiger partial charge is 0.323 e. The number of amides is 1. The second-order valence-electron chi connectivity index (χ2n) is 7.20. The summed E-state index contributed by atoms with van der Waals surface area (Å²) in [6.45, 7) is 6.48. The zero-order valence-electron chi connectivity index (χ0n) is 12.2. The highest BCUT2D eigenvalue weighted by Gasteiger charge is 2.41. The molecule has 2 atom stereocenters. The predicted molar refractivity (Wildman–Crippen MR) is 72.7 cm³/mol. The minimum atomic E-state index is -0.900. The summed E-state index contributed by atoms with van der Waals surface area (Å²) in [5.74, 6) is -0.268. The number of carboxylic acids is 1. The normalized spacial score (nSPS) is 29.8. The molecule has 0 bridgehead atoms. The maximum Gasteiger partial charge on any atom is 0.323 e. The third kappa shape index (κ3) is 3.71. The molecular formula is C15H25NO3. The standard InChI is InChI=1S/C15H25NO3/c1-10-6-11(8-15(2,3)7-10)14(19)16(9-13(17)18)12-4-5-12/h10-12H,4-9H2,1-3H3,(H,17,18). The molecular weight excluding hydrogens is 242 g/mol. The lowest BCUT2D eigenvalue weighted by Crippen LogP contribution is -2.44. The van der Waals surface area contributed by atoms with Crippen LogP contribution >= 0.6 is 0 Å². The Bertz CT molecular complexity index is 374. The zero-order chi connectivity index (χ0) is 14.2. The summed E-state index contributed by atoms with van der Waals surface area (Å²) in [6, 6.07) is 0.184. The van der Waals surface area contributed by atoms with Gasteiger partial charge < -0.3 is 10.0 Å². The van der Waals surface area contributed by atoms with Gasteiger partial charge in [0.05, 0.1) is 0 Å². The van der Waals surface area contributed by atoms with E-state index in [1.807, 2.05) is 0 Å². The lowest BCUT2D eigenvalue weighted by Gasteiger charge is -2.40. The Balaban J connectivity index is 2.06.